The lowest BCUT2D eigenvalue weighted by Gasteiger charge is -2.40. The van der Waals surface area contributed by atoms with Crippen LogP contribution in [0, 0.1) is 5.82 Å². The van der Waals surface area contributed by atoms with E-state index in [4.69, 9.17) is 26.1 Å². The van der Waals surface area contributed by atoms with Gasteiger partial charge in [0.2, 0.25) is 5.91 Å². The van der Waals surface area contributed by atoms with Crippen LogP contribution < -0.4 is 35.6 Å². The number of nitrogens with zero attached hydrogens (tertiary/aromatic N) is 5. The largest absolute Gasteiger partial charge is 0.497 e. The van der Waals surface area contributed by atoms with Crippen LogP contribution in [0.5, 0.6) is 11.5 Å². The molecule has 3 aromatic carbocycles. The molecule has 3 N–H and O–H groups in total. The minimum atomic E-state index is -1.25. The zero-order valence-electron chi connectivity index (χ0n) is 29.1. The Kier molecular flexibility index (Phi) is 11.7. The van der Waals surface area contributed by atoms with Crippen LogP contribution in [-0.2, 0) is 9.53 Å². The van der Waals surface area contributed by atoms with Crippen molar-refractivity contribution in [3.05, 3.63) is 87.7 Å². The van der Waals surface area contributed by atoms with Crippen molar-refractivity contribution in [1.29, 1.82) is 0 Å². The molecule has 15 nitrogen and oxygen atoms in total. The number of carbonyl (C=O) groups is 3. The van der Waals surface area contributed by atoms with Gasteiger partial charge in [-0.25, -0.2) is 23.6 Å². The topological polar surface area (TPSA) is 168 Å². The second-order valence-corrected chi connectivity index (χ2v) is 12.3. The van der Waals surface area contributed by atoms with Crippen molar-refractivity contribution in [3.8, 4) is 11.5 Å². The third-order valence-electron chi connectivity index (χ3n) is 8.61. The number of aromatic nitrogens is 2. The van der Waals surface area contributed by atoms with E-state index in [0.29, 0.717) is 27.7 Å². The smallest absolute Gasteiger partial charge is 0.407 e. The summed E-state index contributed by atoms with van der Waals surface area (Å²) in [4.78, 5) is 61.6. The highest BCUT2D eigenvalue weighted by Gasteiger charge is 2.35. The van der Waals surface area contributed by atoms with Crippen molar-refractivity contribution in [2.75, 3.05) is 62.7 Å². The van der Waals surface area contributed by atoms with Crippen LogP contribution in [-0.4, -0.2) is 97.4 Å². The first-order valence-corrected chi connectivity index (χ1v) is 16.6. The van der Waals surface area contributed by atoms with Gasteiger partial charge in [0.1, 0.15) is 23.4 Å². The fourth-order valence-electron chi connectivity index (χ4n) is 5.91. The Morgan fingerprint density at radius 2 is 1.65 bits per heavy atom. The molecular formula is C35H39ClFN7O8. The molecule has 1 aliphatic rings. The Labute approximate surface area is 303 Å². The van der Waals surface area contributed by atoms with E-state index in [-0.39, 0.29) is 43.1 Å². The fraction of sp³-hybridized carbons (Fsp3) is 0.343. The fourth-order valence-corrected chi connectivity index (χ4v) is 6.07. The summed E-state index contributed by atoms with van der Waals surface area (Å²) in [6, 6.07) is 12.0. The predicted molar refractivity (Wildman–Crippen MR) is 192 cm³/mol. The van der Waals surface area contributed by atoms with E-state index in [9.17, 15) is 28.7 Å². The van der Waals surface area contributed by atoms with Crippen molar-refractivity contribution in [2.24, 2.45) is 0 Å². The summed E-state index contributed by atoms with van der Waals surface area (Å²) in [7, 11) is 4.08. The lowest BCUT2D eigenvalue weighted by molar-refractivity contribution is -0.136. The van der Waals surface area contributed by atoms with Gasteiger partial charge in [-0.05, 0) is 68.4 Å². The van der Waals surface area contributed by atoms with Crippen molar-refractivity contribution >= 4 is 51.9 Å². The first-order valence-electron chi connectivity index (χ1n) is 16.2. The minimum absolute atomic E-state index is 0.116. The normalized spacial score (nSPS) is 14.6. The average Bonchev–Trinajstić information content (AvgIpc) is 3.14. The number of aliphatic hydroxyl groups is 1. The maximum absolute atomic E-state index is 14.4. The van der Waals surface area contributed by atoms with Gasteiger partial charge in [-0.3, -0.25) is 14.5 Å². The van der Waals surface area contributed by atoms with Crippen LogP contribution >= 0.6 is 11.6 Å². The molecule has 0 unspecified atom stereocenters. The molecule has 17 heteroatoms. The van der Waals surface area contributed by atoms with Crippen molar-refractivity contribution in [3.63, 3.8) is 0 Å². The predicted octanol–water partition coefficient (Wildman–Crippen LogP) is 3.89. The Morgan fingerprint density at radius 3 is 2.27 bits per heavy atom. The van der Waals surface area contributed by atoms with Crippen molar-refractivity contribution in [1.82, 2.24) is 19.9 Å². The average molecular weight is 740 g/mol. The zero-order valence-corrected chi connectivity index (χ0v) is 29.9. The number of urea groups is 1. The molecule has 3 atom stereocenters. The van der Waals surface area contributed by atoms with Gasteiger partial charge < -0.3 is 39.9 Å². The lowest BCUT2D eigenvalue weighted by atomic mass is 10.1. The number of methoxy groups -OCH3 is 3. The van der Waals surface area contributed by atoms with Crippen LogP contribution in [0.15, 0.2) is 65.5 Å². The SMILES string of the molecule is COC(=O)N[C@H](C(=O)N1CCN(n2c([C@H](C)N(C(=O)Nc3ccc(F)cc3)c3ccc(OC)cc3OC)nc3cc(Cl)ccc3c2=O)CC1)[C@@H](C)O. The van der Waals surface area contributed by atoms with E-state index < -0.39 is 47.6 Å². The highest BCUT2D eigenvalue weighted by molar-refractivity contribution is 6.31. The van der Waals surface area contributed by atoms with E-state index in [1.807, 2.05) is 0 Å². The minimum Gasteiger partial charge on any atom is -0.497 e. The highest BCUT2D eigenvalue weighted by Crippen LogP contribution is 2.37. The lowest BCUT2D eigenvalue weighted by Crippen LogP contribution is -2.61. The highest BCUT2D eigenvalue weighted by atomic mass is 35.5. The van der Waals surface area contributed by atoms with Gasteiger partial charge in [0.25, 0.3) is 5.56 Å². The van der Waals surface area contributed by atoms with Crippen molar-refractivity contribution < 1.29 is 38.1 Å². The first kappa shape index (κ1) is 37.6. The Balaban J connectivity index is 1.58. The number of amides is 4. The summed E-state index contributed by atoms with van der Waals surface area (Å²) in [5.41, 5.74) is 0.460. The number of rotatable bonds is 10. The van der Waals surface area contributed by atoms with Gasteiger partial charge in [0.15, 0.2) is 5.82 Å². The number of hydrogen-bond acceptors (Lipinski definition) is 10. The Morgan fingerprint density at radius 1 is 0.962 bits per heavy atom. The molecule has 1 saturated heterocycles. The van der Waals surface area contributed by atoms with E-state index in [2.05, 4.69) is 15.4 Å². The van der Waals surface area contributed by atoms with Crippen LogP contribution in [0.3, 0.4) is 0 Å². The number of hydrogen-bond donors (Lipinski definition) is 3. The molecule has 4 amide bonds. The number of alkyl carbamates (subject to hydrolysis) is 1. The summed E-state index contributed by atoms with van der Waals surface area (Å²) in [5.74, 6) is -0.109. The number of ether oxygens (including phenoxy) is 3. The van der Waals surface area contributed by atoms with E-state index >= 15 is 0 Å². The second-order valence-electron chi connectivity index (χ2n) is 11.9. The van der Waals surface area contributed by atoms with Crippen LogP contribution in [0.1, 0.15) is 25.7 Å². The number of benzene rings is 3. The van der Waals surface area contributed by atoms with Crippen LogP contribution in [0.4, 0.5) is 25.4 Å². The zero-order chi connectivity index (χ0) is 37.7. The molecule has 0 bridgehead atoms. The summed E-state index contributed by atoms with van der Waals surface area (Å²) in [6.45, 7) is 3.59. The van der Waals surface area contributed by atoms with E-state index in [1.54, 1.807) is 48.3 Å². The maximum atomic E-state index is 14.4. The molecule has 5 rings (SSSR count). The number of fused-ring (bicyclic) bond motifs is 1. The molecule has 0 radical (unpaired) electrons. The number of aliphatic hydroxyl groups excluding tert-OH is 1. The molecule has 2 heterocycles. The molecule has 1 fully saturated rings. The molecular weight excluding hydrogens is 701 g/mol. The van der Waals surface area contributed by atoms with Gasteiger partial charge >= 0.3 is 12.1 Å². The Bertz CT molecular complexity index is 2000. The van der Waals surface area contributed by atoms with Crippen LogP contribution in [0.2, 0.25) is 5.02 Å². The quantitative estimate of drug-likeness (QED) is 0.217. The van der Waals surface area contributed by atoms with Gasteiger partial charge in [0.05, 0.1) is 63.2 Å². The van der Waals surface area contributed by atoms with Gasteiger partial charge in [-0.2, -0.15) is 0 Å². The number of halogens is 2. The second kappa shape index (κ2) is 16.2. The molecule has 276 valence electrons. The third kappa shape index (κ3) is 7.97. The summed E-state index contributed by atoms with van der Waals surface area (Å²) in [6.07, 6.45) is -2.08. The van der Waals surface area contributed by atoms with E-state index in [1.165, 1.54) is 59.9 Å². The molecule has 0 saturated carbocycles. The molecule has 0 spiro atoms. The number of piperazine rings is 1. The Hall–Kier alpha value is -5.61. The molecule has 1 aliphatic heterocycles. The molecule has 4 aromatic rings. The standard InChI is InChI=1S/C35H39ClFN7O8/c1-20(43(28-13-11-25(50-3)19-29(28)51-4)34(48)38-24-9-7-23(37)8-10-24)31-39-27-18-22(36)6-12-26(27)32(46)44(31)42-16-14-41(15-17-42)33(47)30(21(2)45)40-35(49)52-5/h6-13,18-21,30,45H,14-17H2,1-5H3,(H,38,48)(H,40,49)/t20-,21+,30-/m0/s1. The van der Waals surface area contributed by atoms with Gasteiger partial charge in [-0.15, -0.1) is 0 Å². The first-order chi connectivity index (χ1) is 24.9. The summed E-state index contributed by atoms with van der Waals surface area (Å²) < 4.78 is 30.8. The van der Waals surface area contributed by atoms with E-state index in [0.717, 1.165) is 7.11 Å². The van der Waals surface area contributed by atoms with Gasteiger partial charge in [-0.1, -0.05) is 11.6 Å². The number of carbonyl (C=O) groups excluding carboxylic acids is 3. The number of anilines is 2. The molecule has 52 heavy (non-hydrogen) atoms. The molecule has 1 aromatic heterocycles. The third-order valence-corrected chi connectivity index (χ3v) is 8.85. The van der Waals surface area contributed by atoms with Crippen LogP contribution in [0.25, 0.3) is 10.9 Å². The number of nitrogens with one attached hydrogen (secondary N) is 2. The summed E-state index contributed by atoms with van der Waals surface area (Å²) in [5, 5.41) is 17.7. The van der Waals surface area contributed by atoms with Gasteiger partial charge in [0, 0.05) is 29.9 Å². The molecule has 0 aliphatic carbocycles. The monoisotopic (exact) mass is 739 g/mol. The summed E-state index contributed by atoms with van der Waals surface area (Å²) >= 11 is 6.33. The van der Waals surface area contributed by atoms with Crippen molar-refractivity contribution in [2.45, 2.75) is 32.0 Å². The maximum Gasteiger partial charge on any atom is 0.407 e.